The van der Waals surface area contributed by atoms with Crippen molar-refractivity contribution in [3.05, 3.63) is 69.8 Å². The van der Waals surface area contributed by atoms with Gasteiger partial charge in [-0.15, -0.1) is 0 Å². The second-order valence-electron chi connectivity index (χ2n) is 5.34. The van der Waals surface area contributed by atoms with Crippen LogP contribution in [0.1, 0.15) is 5.56 Å². The van der Waals surface area contributed by atoms with E-state index in [1.54, 1.807) is 24.3 Å². The highest BCUT2D eigenvalue weighted by atomic mass is 35.5. The summed E-state index contributed by atoms with van der Waals surface area (Å²) in [5.41, 5.74) is 0.977. The van der Waals surface area contributed by atoms with Gasteiger partial charge < -0.3 is 5.32 Å². The number of anilines is 1. The number of amides is 3. The SMILES string of the molecule is O=C(CN1C(=O)S/C(=C\c2ccccc2Cl)C1=O)Nc1ccc(F)cc1. The van der Waals surface area contributed by atoms with E-state index in [9.17, 15) is 18.8 Å². The molecule has 0 aromatic heterocycles. The number of nitrogens with one attached hydrogen (secondary N) is 1. The van der Waals surface area contributed by atoms with E-state index in [-0.39, 0.29) is 4.91 Å². The number of hydrogen-bond acceptors (Lipinski definition) is 4. The minimum absolute atomic E-state index is 0.192. The number of nitrogens with zero attached hydrogens (tertiary/aromatic N) is 1. The summed E-state index contributed by atoms with van der Waals surface area (Å²) in [6, 6.07) is 12.1. The van der Waals surface area contributed by atoms with Crippen LogP contribution >= 0.6 is 23.4 Å². The van der Waals surface area contributed by atoms with Gasteiger partial charge in [0.05, 0.1) is 4.91 Å². The number of carbonyl (C=O) groups excluding carboxylic acids is 3. The number of thioether (sulfide) groups is 1. The topological polar surface area (TPSA) is 66.5 Å². The van der Waals surface area contributed by atoms with Crippen LogP contribution in [-0.2, 0) is 9.59 Å². The molecule has 1 heterocycles. The Morgan fingerprint density at radius 3 is 2.54 bits per heavy atom. The Bertz CT molecular complexity index is 915. The second kappa shape index (κ2) is 7.72. The van der Waals surface area contributed by atoms with Gasteiger partial charge in [0, 0.05) is 10.7 Å². The third-order valence-electron chi connectivity index (χ3n) is 3.50. The summed E-state index contributed by atoms with van der Waals surface area (Å²) < 4.78 is 12.9. The molecular formula is C18H12ClFN2O3S. The fourth-order valence-corrected chi connectivity index (χ4v) is 3.27. The molecule has 3 rings (SSSR count). The first kappa shape index (κ1) is 18.2. The number of imide groups is 1. The lowest BCUT2D eigenvalue weighted by molar-refractivity contribution is -0.127. The van der Waals surface area contributed by atoms with Gasteiger partial charge in [0.15, 0.2) is 0 Å². The first-order valence-electron chi connectivity index (χ1n) is 7.49. The molecule has 1 aliphatic heterocycles. The lowest BCUT2D eigenvalue weighted by Crippen LogP contribution is -2.36. The zero-order valence-corrected chi connectivity index (χ0v) is 14.8. The molecular weight excluding hydrogens is 379 g/mol. The van der Waals surface area contributed by atoms with E-state index in [4.69, 9.17) is 11.6 Å². The third-order valence-corrected chi connectivity index (χ3v) is 4.75. The van der Waals surface area contributed by atoms with Gasteiger partial charge >= 0.3 is 0 Å². The molecule has 0 aliphatic carbocycles. The van der Waals surface area contributed by atoms with E-state index in [1.165, 1.54) is 30.3 Å². The Kier molecular flexibility index (Phi) is 5.39. The Labute approximate surface area is 157 Å². The van der Waals surface area contributed by atoms with Gasteiger partial charge in [-0.2, -0.15) is 0 Å². The number of rotatable bonds is 4. The number of carbonyl (C=O) groups is 3. The molecule has 5 nitrogen and oxygen atoms in total. The van der Waals surface area contributed by atoms with Crippen LogP contribution in [0.4, 0.5) is 14.9 Å². The van der Waals surface area contributed by atoms with Crippen molar-refractivity contribution < 1.29 is 18.8 Å². The predicted octanol–water partition coefficient (Wildman–Crippen LogP) is 4.15. The lowest BCUT2D eigenvalue weighted by Gasteiger charge is -2.12. The summed E-state index contributed by atoms with van der Waals surface area (Å²) in [6.07, 6.45) is 1.52. The molecule has 1 fully saturated rings. The molecule has 132 valence electrons. The van der Waals surface area contributed by atoms with Crippen molar-refractivity contribution in [2.45, 2.75) is 0 Å². The first-order chi connectivity index (χ1) is 12.4. The van der Waals surface area contributed by atoms with Gasteiger partial charge in [0.1, 0.15) is 12.4 Å². The van der Waals surface area contributed by atoms with Gasteiger partial charge in [0.25, 0.3) is 11.1 Å². The van der Waals surface area contributed by atoms with Crippen molar-refractivity contribution in [1.29, 1.82) is 0 Å². The minimum Gasteiger partial charge on any atom is -0.325 e. The van der Waals surface area contributed by atoms with E-state index in [0.29, 0.717) is 16.3 Å². The van der Waals surface area contributed by atoms with Crippen molar-refractivity contribution in [2.75, 3.05) is 11.9 Å². The van der Waals surface area contributed by atoms with Crippen LogP contribution in [0.3, 0.4) is 0 Å². The molecule has 2 aromatic carbocycles. The minimum atomic E-state index is -0.561. The predicted molar refractivity (Wildman–Crippen MR) is 99.2 cm³/mol. The molecule has 1 saturated heterocycles. The number of hydrogen-bond donors (Lipinski definition) is 1. The number of benzene rings is 2. The molecule has 1 N–H and O–H groups in total. The summed E-state index contributed by atoms with van der Waals surface area (Å²) in [5.74, 6) is -1.55. The highest BCUT2D eigenvalue weighted by molar-refractivity contribution is 8.18. The zero-order valence-electron chi connectivity index (χ0n) is 13.2. The van der Waals surface area contributed by atoms with Crippen LogP contribution in [0.25, 0.3) is 6.08 Å². The van der Waals surface area contributed by atoms with E-state index in [1.807, 2.05) is 0 Å². The third kappa shape index (κ3) is 4.12. The van der Waals surface area contributed by atoms with Crippen molar-refractivity contribution in [3.63, 3.8) is 0 Å². The van der Waals surface area contributed by atoms with Crippen LogP contribution in [0, 0.1) is 5.82 Å². The van der Waals surface area contributed by atoms with E-state index in [0.717, 1.165) is 16.7 Å². The maximum atomic E-state index is 12.9. The van der Waals surface area contributed by atoms with Crippen molar-refractivity contribution >= 4 is 52.2 Å². The smallest absolute Gasteiger partial charge is 0.294 e. The van der Waals surface area contributed by atoms with Crippen LogP contribution in [0.15, 0.2) is 53.4 Å². The molecule has 0 radical (unpaired) electrons. The van der Waals surface area contributed by atoms with Crippen molar-refractivity contribution in [3.8, 4) is 0 Å². The van der Waals surface area contributed by atoms with Gasteiger partial charge in [-0.1, -0.05) is 29.8 Å². The summed E-state index contributed by atoms with van der Waals surface area (Å²) in [6.45, 7) is -0.429. The molecule has 0 bridgehead atoms. The highest BCUT2D eigenvalue weighted by Crippen LogP contribution is 2.33. The summed E-state index contributed by atoms with van der Waals surface area (Å²) >= 11 is 6.80. The van der Waals surface area contributed by atoms with Crippen LogP contribution in [-0.4, -0.2) is 28.5 Å². The van der Waals surface area contributed by atoms with Gasteiger partial charge in [0.2, 0.25) is 5.91 Å². The fraction of sp³-hybridized carbons (Fsp3) is 0.0556. The largest absolute Gasteiger partial charge is 0.325 e. The van der Waals surface area contributed by atoms with Crippen LogP contribution in [0.5, 0.6) is 0 Å². The van der Waals surface area contributed by atoms with E-state index in [2.05, 4.69) is 5.32 Å². The average Bonchev–Trinajstić information content (AvgIpc) is 2.86. The van der Waals surface area contributed by atoms with Crippen molar-refractivity contribution in [2.24, 2.45) is 0 Å². The monoisotopic (exact) mass is 390 g/mol. The van der Waals surface area contributed by atoms with Gasteiger partial charge in [-0.05, 0) is 53.7 Å². The van der Waals surface area contributed by atoms with E-state index >= 15 is 0 Å². The molecule has 26 heavy (non-hydrogen) atoms. The summed E-state index contributed by atoms with van der Waals surface area (Å²) in [4.78, 5) is 37.6. The molecule has 0 spiro atoms. The maximum absolute atomic E-state index is 12.9. The normalized spacial score (nSPS) is 15.6. The van der Waals surface area contributed by atoms with Crippen LogP contribution in [0.2, 0.25) is 5.02 Å². The zero-order chi connectivity index (χ0) is 18.7. The van der Waals surface area contributed by atoms with Gasteiger partial charge in [-0.3, -0.25) is 19.3 Å². The Morgan fingerprint density at radius 1 is 1.15 bits per heavy atom. The lowest BCUT2D eigenvalue weighted by atomic mass is 10.2. The standard InChI is InChI=1S/C18H12ClFN2O3S/c19-14-4-2-1-3-11(14)9-15-17(24)22(18(25)26-15)10-16(23)21-13-7-5-12(20)6-8-13/h1-9H,10H2,(H,21,23)/b15-9-. The van der Waals surface area contributed by atoms with E-state index < -0.39 is 29.4 Å². The van der Waals surface area contributed by atoms with Gasteiger partial charge in [-0.25, -0.2) is 4.39 Å². The molecule has 0 saturated carbocycles. The Balaban J connectivity index is 1.70. The molecule has 0 atom stereocenters. The molecule has 8 heteroatoms. The number of halogens is 2. The molecule has 0 unspecified atom stereocenters. The molecule has 3 amide bonds. The highest BCUT2D eigenvalue weighted by Gasteiger charge is 2.36. The molecule has 2 aromatic rings. The quantitative estimate of drug-likeness (QED) is 0.796. The maximum Gasteiger partial charge on any atom is 0.294 e. The average molecular weight is 391 g/mol. The van der Waals surface area contributed by atoms with Crippen molar-refractivity contribution in [1.82, 2.24) is 4.90 Å². The fourth-order valence-electron chi connectivity index (χ4n) is 2.25. The summed E-state index contributed by atoms with van der Waals surface area (Å²) in [7, 11) is 0. The summed E-state index contributed by atoms with van der Waals surface area (Å²) in [5, 5.41) is 2.42. The second-order valence-corrected chi connectivity index (χ2v) is 6.74. The van der Waals surface area contributed by atoms with Crippen LogP contribution < -0.4 is 5.32 Å². The first-order valence-corrected chi connectivity index (χ1v) is 8.69. The Hall–Kier alpha value is -2.64. The molecule has 1 aliphatic rings. The Morgan fingerprint density at radius 2 is 1.85 bits per heavy atom.